The molecule has 0 heterocycles. The standard InChI is InChI=1S/C19H18Cl2N2O/c1-2-18(14-9-8-13(20)10-17(14)21)22-23-19(24)16-11-15(16)12-6-4-3-5-7-12/h3-10,15-16H,2,11H2,1H3,(H,23,24)/b22-18+. The van der Waals surface area contributed by atoms with Crippen molar-refractivity contribution in [2.75, 3.05) is 0 Å². The molecular formula is C19H18Cl2N2O. The van der Waals surface area contributed by atoms with Crippen molar-refractivity contribution in [1.29, 1.82) is 0 Å². The largest absolute Gasteiger partial charge is 0.273 e. The molecule has 0 radical (unpaired) electrons. The van der Waals surface area contributed by atoms with Gasteiger partial charge in [0.05, 0.1) is 10.7 Å². The zero-order valence-corrected chi connectivity index (χ0v) is 14.8. The third kappa shape index (κ3) is 3.80. The van der Waals surface area contributed by atoms with Crippen molar-refractivity contribution in [2.24, 2.45) is 11.0 Å². The summed E-state index contributed by atoms with van der Waals surface area (Å²) in [5.74, 6) is 0.250. The highest BCUT2D eigenvalue weighted by atomic mass is 35.5. The second-order valence-electron chi connectivity index (χ2n) is 5.87. The first-order valence-electron chi connectivity index (χ1n) is 7.97. The van der Waals surface area contributed by atoms with Crippen LogP contribution in [0.4, 0.5) is 0 Å². The highest BCUT2D eigenvalue weighted by molar-refractivity contribution is 6.37. The maximum absolute atomic E-state index is 12.3. The number of nitrogens with one attached hydrogen (secondary N) is 1. The van der Waals surface area contributed by atoms with Crippen molar-refractivity contribution >= 4 is 34.8 Å². The number of carbonyl (C=O) groups excluding carboxylic acids is 1. The van der Waals surface area contributed by atoms with Crippen LogP contribution in [-0.4, -0.2) is 11.6 Å². The van der Waals surface area contributed by atoms with Gasteiger partial charge in [-0.25, -0.2) is 5.43 Å². The van der Waals surface area contributed by atoms with Crippen LogP contribution in [0.5, 0.6) is 0 Å². The smallest absolute Gasteiger partial charge is 0.243 e. The average molecular weight is 361 g/mol. The first-order chi connectivity index (χ1) is 11.6. The van der Waals surface area contributed by atoms with Crippen LogP contribution in [0.15, 0.2) is 53.6 Å². The zero-order chi connectivity index (χ0) is 17.1. The predicted molar refractivity (Wildman–Crippen MR) is 98.7 cm³/mol. The van der Waals surface area contributed by atoms with E-state index in [4.69, 9.17) is 23.2 Å². The Hall–Kier alpha value is -1.84. The van der Waals surface area contributed by atoms with Gasteiger partial charge >= 0.3 is 0 Å². The zero-order valence-electron chi connectivity index (χ0n) is 13.3. The van der Waals surface area contributed by atoms with Crippen LogP contribution in [0.2, 0.25) is 10.0 Å². The van der Waals surface area contributed by atoms with Gasteiger partial charge in [0.2, 0.25) is 5.91 Å². The van der Waals surface area contributed by atoms with E-state index in [9.17, 15) is 4.79 Å². The highest BCUT2D eigenvalue weighted by Crippen LogP contribution is 2.47. The number of nitrogens with zero attached hydrogens (tertiary/aromatic N) is 1. The van der Waals surface area contributed by atoms with Gasteiger partial charge in [0, 0.05) is 16.5 Å². The summed E-state index contributed by atoms with van der Waals surface area (Å²) in [6.45, 7) is 1.97. The molecule has 0 aliphatic heterocycles. The molecule has 1 saturated carbocycles. The SMILES string of the molecule is CC/C(=N\NC(=O)C1CC1c1ccccc1)c1ccc(Cl)cc1Cl. The van der Waals surface area contributed by atoms with Crippen molar-refractivity contribution in [2.45, 2.75) is 25.7 Å². The maximum Gasteiger partial charge on any atom is 0.243 e. The lowest BCUT2D eigenvalue weighted by atomic mass is 10.1. The summed E-state index contributed by atoms with van der Waals surface area (Å²) in [5, 5.41) is 5.39. The fourth-order valence-electron chi connectivity index (χ4n) is 2.81. The summed E-state index contributed by atoms with van der Waals surface area (Å²) < 4.78 is 0. The molecule has 0 aromatic heterocycles. The van der Waals surface area contributed by atoms with Gasteiger partial charge in [-0.2, -0.15) is 5.10 Å². The molecule has 1 amide bonds. The van der Waals surface area contributed by atoms with E-state index in [1.54, 1.807) is 12.1 Å². The molecule has 3 rings (SSSR count). The van der Waals surface area contributed by atoms with Crippen LogP contribution in [0.3, 0.4) is 0 Å². The molecule has 2 atom stereocenters. The van der Waals surface area contributed by atoms with Gasteiger partial charge in [-0.1, -0.05) is 66.5 Å². The molecule has 1 aliphatic rings. The quantitative estimate of drug-likeness (QED) is 0.589. The minimum absolute atomic E-state index is 0.00468. The topological polar surface area (TPSA) is 41.5 Å². The van der Waals surface area contributed by atoms with E-state index in [1.807, 2.05) is 31.2 Å². The van der Waals surface area contributed by atoms with E-state index in [2.05, 4.69) is 22.7 Å². The summed E-state index contributed by atoms with van der Waals surface area (Å²) in [6.07, 6.45) is 1.53. The van der Waals surface area contributed by atoms with Crippen molar-refractivity contribution in [1.82, 2.24) is 5.43 Å². The van der Waals surface area contributed by atoms with Crippen LogP contribution in [0.25, 0.3) is 0 Å². The van der Waals surface area contributed by atoms with Crippen molar-refractivity contribution in [3.63, 3.8) is 0 Å². The molecule has 2 aromatic rings. The van der Waals surface area contributed by atoms with Crippen molar-refractivity contribution in [3.8, 4) is 0 Å². The van der Waals surface area contributed by atoms with Crippen LogP contribution >= 0.6 is 23.2 Å². The second-order valence-corrected chi connectivity index (χ2v) is 6.72. The van der Waals surface area contributed by atoms with Crippen molar-refractivity contribution in [3.05, 3.63) is 69.7 Å². The Kier molecular flexibility index (Phi) is 5.22. The lowest BCUT2D eigenvalue weighted by molar-refractivity contribution is -0.122. The number of benzene rings is 2. The monoisotopic (exact) mass is 360 g/mol. The molecule has 0 saturated heterocycles. The molecule has 1 fully saturated rings. The van der Waals surface area contributed by atoms with Crippen LogP contribution in [-0.2, 0) is 4.79 Å². The summed E-state index contributed by atoms with van der Waals surface area (Å²) in [5.41, 5.74) is 5.43. The Morgan fingerprint density at radius 3 is 2.62 bits per heavy atom. The number of hydrazone groups is 1. The number of rotatable bonds is 5. The number of carbonyl (C=O) groups is 1. The van der Waals surface area contributed by atoms with Gasteiger partial charge in [-0.3, -0.25) is 4.79 Å². The van der Waals surface area contributed by atoms with E-state index in [0.29, 0.717) is 22.4 Å². The van der Waals surface area contributed by atoms with E-state index >= 15 is 0 Å². The molecule has 24 heavy (non-hydrogen) atoms. The number of halogens is 2. The van der Waals surface area contributed by atoms with E-state index in [-0.39, 0.29) is 11.8 Å². The first-order valence-corrected chi connectivity index (χ1v) is 8.72. The van der Waals surface area contributed by atoms with E-state index < -0.39 is 0 Å². The molecular weight excluding hydrogens is 343 g/mol. The minimum atomic E-state index is -0.0418. The molecule has 0 spiro atoms. The predicted octanol–water partition coefficient (Wildman–Crippen LogP) is 5.03. The molecule has 124 valence electrons. The van der Waals surface area contributed by atoms with Gasteiger partial charge in [0.1, 0.15) is 0 Å². The molecule has 0 bridgehead atoms. The average Bonchev–Trinajstić information content (AvgIpc) is 3.38. The molecule has 2 unspecified atom stereocenters. The number of amides is 1. The highest BCUT2D eigenvalue weighted by Gasteiger charge is 2.43. The molecule has 1 aliphatic carbocycles. The Bertz CT molecular complexity index is 774. The van der Waals surface area contributed by atoms with E-state index in [1.165, 1.54) is 5.56 Å². The molecule has 1 N–H and O–H groups in total. The van der Waals surface area contributed by atoms with E-state index in [0.717, 1.165) is 17.7 Å². The minimum Gasteiger partial charge on any atom is -0.273 e. The van der Waals surface area contributed by atoms with Crippen LogP contribution in [0, 0.1) is 5.92 Å². The van der Waals surface area contributed by atoms with Crippen molar-refractivity contribution < 1.29 is 4.79 Å². The normalized spacial score (nSPS) is 19.9. The van der Waals surface area contributed by atoms with Gasteiger partial charge in [0.25, 0.3) is 0 Å². The Labute approximate surface area is 151 Å². The number of hydrogen-bond donors (Lipinski definition) is 1. The van der Waals surface area contributed by atoms with Crippen LogP contribution in [0.1, 0.15) is 36.8 Å². The van der Waals surface area contributed by atoms with Gasteiger partial charge in [-0.05, 0) is 36.5 Å². The Balaban J connectivity index is 1.67. The first kappa shape index (κ1) is 17.0. The molecule has 2 aromatic carbocycles. The van der Waals surface area contributed by atoms with Gasteiger partial charge in [-0.15, -0.1) is 0 Å². The molecule has 3 nitrogen and oxygen atoms in total. The fraction of sp³-hybridized carbons (Fsp3) is 0.263. The Morgan fingerprint density at radius 2 is 1.96 bits per heavy atom. The van der Waals surface area contributed by atoms with Gasteiger partial charge in [0.15, 0.2) is 0 Å². The van der Waals surface area contributed by atoms with Gasteiger partial charge < -0.3 is 0 Å². The lowest BCUT2D eigenvalue weighted by Gasteiger charge is -2.08. The number of hydrogen-bond acceptors (Lipinski definition) is 2. The summed E-state index contributed by atoms with van der Waals surface area (Å²) in [6, 6.07) is 15.4. The second kappa shape index (κ2) is 7.37. The lowest BCUT2D eigenvalue weighted by Crippen LogP contribution is -2.22. The third-order valence-corrected chi connectivity index (χ3v) is 4.78. The molecule has 5 heteroatoms. The maximum atomic E-state index is 12.3. The Morgan fingerprint density at radius 1 is 1.21 bits per heavy atom. The summed E-state index contributed by atoms with van der Waals surface area (Å²) in [4.78, 5) is 12.3. The van der Waals surface area contributed by atoms with Crippen LogP contribution < -0.4 is 5.43 Å². The fourth-order valence-corrected chi connectivity index (χ4v) is 3.33. The summed E-state index contributed by atoms with van der Waals surface area (Å²) in [7, 11) is 0. The summed E-state index contributed by atoms with van der Waals surface area (Å²) >= 11 is 12.1. The third-order valence-electron chi connectivity index (χ3n) is 4.23.